The van der Waals surface area contributed by atoms with Crippen molar-refractivity contribution in [2.45, 2.75) is 12.8 Å². The number of halogens is 2. The molecule has 1 aromatic carbocycles. The molecule has 0 saturated carbocycles. The molecule has 1 aliphatic heterocycles. The summed E-state index contributed by atoms with van der Waals surface area (Å²) in [6.07, 6.45) is 0. The maximum absolute atomic E-state index is 6.20. The van der Waals surface area contributed by atoms with Crippen molar-refractivity contribution in [2.75, 3.05) is 32.8 Å². The summed E-state index contributed by atoms with van der Waals surface area (Å²) in [7, 11) is 0. The molecule has 0 bridgehead atoms. The van der Waals surface area contributed by atoms with Gasteiger partial charge in [-0.1, -0.05) is 36.2 Å². The molecule has 6 heteroatoms. The van der Waals surface area contributed by atoms with E-state index in [1.807, 2.05) is 30.0 Å². The number of hydrogen-bond donors (Lipinski definition) is 1. The third-order valence-corrected chi connectivity index (χ3v) is 4.01. The minimum Gasteiger partial charge on any atom is -0.378 e. The molecule has 1 atom stereocenters. The largest absolute Gasteiger partial charge is 0.378 e. The Labute approximate surface area is 129 Å². The second-order valence-electron chi connectivity index (χ2n) is 4.83. The van der Waals surface area contributed by atoms with Crippen LogP contribution >= 0.6 is 23.2 Å². The monoisotopic (exact) mass is 315 g/mol. The normalized spacial score (nSPS) is 18.1. The lowest BCUT2D eigenvalue weighted by Gasteiger charge is -2.27. The Bertz CT molecular complexity index is 467. The highest BCUT2D eigenvalue weighted by molar-refractivity contribution is 6.36. The first-order valence-electron chi connectivity index (χ1n) is 6.66. The number of nitrogens with zero attached hydrogens (tertiary/aromatic N) is 2. The number of benzene rings is 1. The minimum atomic E-state index is 0.121. The van der Waals surface area contributed by atoms with Crippen LogP contribution in [0.3, 0.4) is 0 Å². The lowest BCUT2D eigenvalue weighted by atomic mass is 10.0. The van der Waals surface area contributed by atoms with Gasteiger partial charge in [-0.25, -0.2) is 0 Å². The topological polar surface area (TPSA) is 50.8 Å². The third kappa shape index (κ3) is 3.78. The number of hydrogen-bond acceptors (Lipinski definition) is 2. The molecule has 4 nitrogen and oxygen atoms in total. The predicted molar refractivity (Wildman–Crippen MR) is 83.8 cm³/mol. The van der Waals surface area contributed by atoms with Crippen LogP contribution < -0.4 is 5.73 Å². The van der Waals surface area contributed by atoms with E-state index in [4.69, 9.17) is 33.7 Å². The Balaban J connectivity index is 2.02. The Kier molecular flexibility index (Phi) is 5.52. The SMILES string of the molecule is CC(CN=C(N)N1CCOCC1)c1c(Cl)cccc1Cl. The zero-order valence-electron chi connectivity index (χ0n) is 11.5. The molecule has 1 heterocycles. The highest BCUT2D eigenvalue weighted by Crippen LogP contribution is 2.31. The van der Waals surface area contributed by atoms with Crippen molar-refractivity contribution < 1.29 is 4.74 Å². The van der Waals surface area contributed by atoms with Gasteiger partial charge in [-0.05, 0) is 17.7 Å². The van der Waals surface area contributed by atoms with Gasteiger partial charge in [-0.3, -0.25) is 4.99 Å². The summed E-state index contributed by atoms with van der Waals surface area (Å²) in [5.74, 6) is 0.680. The van der Waals surface area contributed by atoms with E-state index >= 15 is 0 Å². The van der Waals surface area contributed by atoms with Crippen LogP contribution in [0.25, 0.3) is 0 Å². The lowest BCUT2D eigenvalue weighted by Crippen LogP contribution is -2.45. The van der Waals surface area contributed by atoms with E-state index in [-0.39, 0.29) is 5.92 Å². The van der Waals surface area contributed by atoms with E-state index in [9.17, 15) is 0 Å². The molecule has 0 radical (unpaired) electrons. The van der Waals surface area contributed by atoms with Crippen molar-refractivity contribution in [2.24, 2.45) is 10.7 Å². The molecule has 2 N–H and O–H groups in total. The van der Waals surface area contributed by atoms with Crippen LogP contribution in [-0.2, 0) is 4.74 Å². The first-order chi connectivity index (χ1) is 9.59. The summed E-state index contributed by atoms with van der Waals surface area (Å²) in [5.41, 5.74) is 6.93. The second kappa shape index (κ2) is 7.16. The van der Waals surface area contributed by atoms with Gasteiger partial charge in [0.2, 0.25) is 0 Å². The zero-order chi connectivity index (χ0) is 14.5. The number of guanidine groups is 1. The van der Waals surface area contributed by atoms with Crippen LogP contribution in [0.5, 0.6) is 0 Å². The fourth-order valence-electron chi connectivity index (χ4n) is 2.20. The molecule has 20 heavy (non-hydrogen) atoms. The Morgan fingerprint density at radius 2 is 1.95 bits per heavy atom. The highest BCUT2D eigenvalue weighted by Gasteiger charge is 2.15. The number of ether oxygens (including phenoxy) is 1. The molecule has 1 fully saturated rings. The van der Waals surface area contributed by atoms with Crippen LogP contribution in [0, 0.1) is 0 Å². The average molecular weight is 316 g/mol. The van der Waals surface area contributed by atoms with Crippen molar-refractivity contribution in [3.63, 3.8) is 0 Å². The molecular formula is C14H19Cl2N3O. The fourth-order valence-corrected chi connectivity index (χ4v) is 2.97. The quantitative estimate of drug-likeness (QED) is 0.689. The van der Waals surface area contributed by atoms with Crippen molar-refractivity contribution in [3.05, 3.63) is 33.8 Å². The minimum absolute atomic E-state index is 0.121. The van der Waals surface area contributed by atoms with Gasteiger partial charge in [-0.2, -0.15) is 0 Å². The molecule has 0 amide bonds. The first kappa shape index (κ1) is 15.4. The molecule has 1 saturated heterocycles. The Hall–Kier alpha value is -0.970. The van der Waals surface area contributed by atoms with Gasteiger partial charge in [0.1, 0.15) is 0 Å². The molecule has 2 rings (SSSR count). The van der Waals surface area contributed by atoms with Gasteiger partial charge in [-0.15, -0.1) is 0 Å². The van der Waals surface area contributed by atoms with Crippen LogP contribution in [0.4, 0.5) is 0 Å². The standard InChI is InChI=1S/C14H19Cl2N3O/c1-10(13-11(15)3-2-4-12(13)16)9-18-14(17)19-5-7-20-8-6-19/h2-4,10H,5-9H2,1H3,(H2,17,18). The van der Waals surface area contributed by atoms with Crippen LogP contribution in [0.15, 0.2) is 23.2 Å². The number of aliphatic imine (C=N–C) groups is 1. The summed E-state index contributed by atoms with van der Waals surface area (Å²) in [5, 5.41) is 1.34. The van der Waals surface area contributed by atoms with Gasteiger partial charge in [0, 0.05) is 35.6 Å². The van der Waals surface area contributed by atoms with Gasteiger partial charge < -0.3 is 15.4 Å². The summed E-state index contributed by atoms with van der Waals surface area (Å²) in [6.45, 7) is 5.58. The van der Waals surface area contributed by atoms with Crippen molar-refractivity contribution in [1.82, 2.24) is 4.90 Å². The Morgan fingerprint density at radius 3 is 2.55 bits per heavy atom. The zero-order valence-corrected chi connectivity index (χ0v) is 13.0. The summed E-state index contributed by atoms with van der Waals surface area (Å²) in [6, 6.07) is 5.52. The fraction of sp³-hybridized carbons (Fsp3) is 0.500. The van der Waals surface area contributed by atoms with E-state index in [0.29, 0.717) is 35.8 Å². The summed E-state index contributed by atoms with van der Waals surface area (Å²) >= 11 is 12.4. The summed E-state index contributed by atoms with van der Waals surface area (Å²) in [4.78, 5) is 6.49. The second-order valence-corrected chi connectivity index (χ2v) is 5.65. The van der Waals surface area contributed by atoms with E-state index in [1.54, 1.807) is 0 Å². The maximum Gasteiger partial charge on any atom is 0.191 e. The first-order valence-corrected chi connectivity index (χ1v) is 7.41. The van der Waals surface area contributed by atoms with Gasteiger partial charge in [0.05, 0.1) is 13.2 Å². The van der Waals surface area contributed by atoms with E-state index in [0.717, 1.165) is 18.7 Å². The summed E-state index contributed by atoms with van der Waals surface area (Å²) < 4.78 is 5.29. The van der Waals surface area contributed by atoms with Crippen molar-refractivity contribution in [3.8, 4) is 0 Å². The van der Waals surface area contributed by atoms with Crippen LogP contribution in [0.2, 0.25) is 10.0 Å². The van der Waals surface area contributed by atoms with Gasteiger partial charge in [0.15, 0.2) is 5.96 Å². The Morgan fingerprint density at radius 1 is 1.35 bits per heavy atom. The van der Waals surface area contributed by atoms with Gasteiger partial charge in [0.25, 0.3) is 0 Å². The maximum atomic E-state index is 6.20. The molecule has 1 aromatic rings. The lowest BCUT2D eigenvalue weighted by molar-refractivity contribution is 0.0674. The van der Waals surface area contributed by atoms with Crippen molar-refractivity contribution >= 4 is 29.2 Å². The molecule has 110 valence electrons. The van der Waals surface area contributed by atoms with E-state index in [1.165, 1.54) is 0 Å². The van der Waals surface area contributed by atoms with Crippen LogP contribution in [0.1, 0.15) is 18.4 Å². The highest BCUT2D eigenvalue weighted by atomic mass is 35.5. The van der Waals surface area contributed by atoms with E-state index in [2.05, 4.69) is 4.99 Å². The number of morpholine rings is 1. The smallest absolute Gasteiger partial charge is 0.191 e. The third-order valence-electron chi connectivity index (χ3n) is 3.35. The molecule has 0 spiro atoms. The molecule has 1 unspecified atom stereocenters. The molecule has 0 aliphatic carbocycles. The van der Waals surface area contributed by atoms with Crippen LogP contribution in [-0.4, -0.2) is 43.7 Å². The van der Waals surface area contributed by atoms with Crippen molar-refractivity contribution in [1.29, 1.82) is 0 Å². The average Bonchev–Trinajstić information content (AvgIpc) is 2.45. The molecular weight excluding hydrogens is 297 g/mol. The molecule has 1 aliphatic rings. The number of nitrogens with two attached hydrogens (primary N) is 1. The van der Waals surface area contributed by atoms with Gasteiger partial charge >= 0.3 is 0 Å². The van der Waals surface area contributed by atoms with E-state index < -0.39 is 0 Å². The predicted octanol–water partition coefficient (Wildman–Crippen LogP) is 2.74. The number of rotatable bonds is 3. The molecule has 0 aromatic heterocycles.